The third-order valence-electron chi connectivity index (χ3n) is 4.96. The number of fused-ring (bicyclic) bond motifs is 1. The van der Waals surface area contributed by atoms with Crippen molar-refractivity contribution < 1.29 is 9.84 Å². The number of hydrogen-bond acceptors (Lipinski definition) is 10. The van der Waals surface area contributed by atoms with E-state index in [9.17, 15) is 0 Å². The van der Waals surface area contributed by atoms with Gasteiger partial charge in [-0.1, -0.05) is 11.6 Å². The quantitative estimate of drug-likeness (QED) is 0.336. The topological polar surface area (TPSA) is 120 Å². The van der Waals surface area contributed by atoms with E-state index in [1.165, 1.54) is 0 Å². The Kier molecular flexibility index (Phi) is 7.70. The van der Waals surface area contributed by atoms with E-state index in [0.717, 1.165) is 29.7 Å². The molecular weight excluding hydrogens is 432 g/mol. The maximum Gasteiger partial charge on any atom is 0.232 e. The number of anilines is 4. The van der Waals surface area contributed by atoms with Gasteiger partial charge in [0.1, 0.15) is 0 Å². The molecule has 4 N–H and O–H groups in total. The van der Waals surface area contributed by atoms with Gasteiger partial charge >= 0.3 is 0 Å². The van der Waals surface area contributed by atoms with Crippen molar-refractivity contribution in [1.29, 1.82) is 0 Å². The lowest BCUT2D eigenvalue weighted by Gasteiger charge is -2.27. The second kappa shape index (κ2) is 11.1. The highest BCUT2D eigenvalue weighted by molar-refractivity contribution is 6.31. The Morgan fingerprint density at radius 3 is 2.50 bits per heavy atom. The van der Waals surface area contributed by atoms with E-state index >= 15 is 0 Å². The average molecular weight is 459 g/mol. The van der Waals surface area contributed by atoms with Gasteiger partial charge in [-0.2, -0.15) is 15.0 Å². The molecule has 1 fully saturated rings. The van der Waals surface area contributed by atoms with Gasteiger partial charge in [0.15, 0.2) is 0 Å². The Morgan fingerprint density at radius 1 is 0.969 bits per heavy atom. The molecule has 3 heterocycles. The van der Waals surface area contributed by atoms with E-state index in [1.807, 2.05) is 24.3 Å². The lowest BCUT2D eigenvalue weighted by atomic mass is 10.2. The van der Waals surface area contributed by atoms with Crippen LogP contribution in [-0.4, -0.2) is 77.6 Å². The van der Waals surface area contributed by atoms with E-state index in [1.54, 1.807) is 6.20 Å². The summed E-state index contributed by atoms with van der Waals surface area (Å²) in [5.74, 6) is 1.60. The summed E-state index contributed by atoms with van der Waals surface area (Å²) < 4.78 is 5.43. The van der Waals surface area contributed by atoms with Gasteiger partial charge in [-0.15, -0.1) is 0 Å². The van der Waals surface area contributed by atoms with Gasteiger partial charge in [0.05, 0.1) is 18.7 Å². The highest BCUT2D eigenvalue weighted by Crippen LogP contribution is 2.24. The second-order valence-corrected chi connectivity index (χ2v) is 7.70. The van der Waals surface area contributed by atoms with Gasteiger partial charge < -0.3 is 30.7 Å². The normalized spacial score (nSPS) is 13.9. The molecule has 0 saturated carbocycles. The Bertz CT molecular complexity index is 1030. The van der Waals surface area contributed by atoms with E-state index in [2.05, 4.69) is 40.8 Å². The van der Waals surface area contributed by atoms with Gasteiger partial charge in [-0.25, -0.2) is 0 Å². The zero-order chi connectivity index (χ0) is 22.2. The first-order valence-corrected chi connectivity index (χ1v) is 11.1. The molecule has 1 saturated heterocycles. The number of hydrogen-bond donors (Lipinski definition) is 4. The van der Waals surface area contributed by atoms with Crippen LogP contribution in [0.3, 0.4) is 0 Å². The fourth-order valence-electron chi connectivity index (χ4n) is 3.35. The average Bonchev–Trinajstić information content (AvgIpc) is 2.82. The van der Waals surface area contributed by atoms with Crippen molar-refractivity contribution >= 4 is 46.0 Å². The number of rotatable bonds is 10. The van der Waals surface area contributed by atoms with Crippen LogP contribution in [0.2, 0.25) is 5.02 Å². The fourth-order valence-corrected chi connectivity index (χ4v) is 3.52. The largest absolute Gasteiger partial charge is 0.396 e. The van der Waals surface area contributed by atoms with Gasteiger partial charge in [0.25, 0.3) is 0 Å². The molecule has 11 heteroatoms. The minimum atomic E-state index is 0.112. The summed E-state index contributed by atoms with van der Waals surface area (Å²) >= 11 is 6.07. The highest BCUT2D eigenvalue weighted by Gasteiger charge is 2.16. The molecule has 1 aliphatic heterocycles. The summed E-state index contributed by atoms with van der Waals surface area (Å²) in [5, 5.41) is 20.6. The molecule has 0 bridgehead atoms. The first-order chi connectivity index (χ1) is 15.7. The smallest absolute Gasteiger partial charge is 0.232 e. The molecule has 0 atom stereocenters. The standard InChI is InChI=1S/C21H27ClN8O2/c22-15-2-3-16-17(4-6-23-18(16)14-15)24-7-8-26-20-27-19(25-5-1-11-31)28-21(29-20)30-9-12-32-13-10-30/h2-4,6,14,31H,1,5,7-13H2,(H,23,24)(H2,25,26,27,28,29). The number of halogens is 1. The van der Waals surface area contributed by atoms with Crippen LogP contribution in [0.1, 0.15) is 6.42 Å². The molecule has 0 aliphatic carbocycles. The SMILES string of the molecule is OCCCNc1nc(NCCNc2ccnc3cc(Cl)ccc23)nc(N2CCOCC2)n1. The van der Waals surface area contributed by atoms with Gasteiger partial charge in [-0.05, 0) is 30.7 Å². The number of pyridine rings is 1. The Labute approximate surface area is 191 Å². The maximum atomic E-state index is 9.03. The Hall–Kier alpha value is -2.95. The molecule has 1 aromatic carbocycles. The Morgan fingerprint density at radius 2 is 1.72 bits per heavy atom. The minimum Gasteiger partial charge on any atom is -0.396 e. The molecule has 4 rings (SSSR count). The van der Waals surface area contributed by atoms with Crippen molar-refractivity contribution in [3.63, 3.8) is 0 Å². The van der Waals surface area contributed by atoms with Crippen molar-refractivity contribution in [1.82, 2.24) is 19.9 Å². The molecule has 1 aliphatic rings. The van der Waals surface area contributed by atoms with E-state index < -0.39 is 0 Å². The predicted molar refractivity (Wildman–Crippen MR) is 127 cm³/mol. The Balaban J connectivity index is 1.40. The summed E-state index contributed by atoms with van der Waals surface area (Å²) in [6.07, 6.45) is 2.38. The monoisotopic (exact) mass is 458 g/mol. The van der Waals surface area contributed by atoms with Gasteiger partial charge in [0, 0.05) is 61.6 Å². The zero-order valence-electron chi connectivity index (χ0n) is 17.7. The number of nitrogens with one attached hydrogen (secondary N) is 3. The summed E-state index contributed by atoms with van der Waals surface area (Å²) in [6, 6.07) is 7.62. The minimum absolute atomic E-state index is 0.112. The predicted octanol–water partition coefficient (Wildman–Crippen LogP) is 2.23. The van der Waals surface area contributed by atoms with Crippen molar-refractivity contribution in [3.05, 3.63) is 35.5 Å². The number of ether oxygens (including phenoxy) is 1. The first kappa shape index (κ1) is 22.3. The summed E-state index contributed by atoms with van der Waals surface area (Å²) in [7, 11) is 0. The molecule has 170 valence electrons. The van der Waals surface area contributed by atoms with E-state index in [4.69, 9.17) is 21.4 Å². The van der Waals surface area contributed by atoms with Crippen LogP contribution >= 0.6 is 11.6 Å². The van der Waals surface area contributed by atoms with Crippen molar-refractivity contribution in [2.75, 3.05) is 73.4 Å². The maximum absolute atomic E-state index is 9.03. The third-order valence-corrected chi connectivity index (χ3v) is 5.20. The van der Waals surface area contributed by atoms with Crippen LogP contribution in [0.25, 0.3) is 10.9 Å². The van der Waals surface area contributed by atoms with Crippen molar-refractivity contribution in [2.45, 2.75) is 6.42 Å². The highest BCUT2D eigenvalue weighted by atomic mass is 35.5. The number of morpholine rings is 1. The van der Waals surface area contributed by atoms with E-state index in [-0.39, 0.29) is 6.61 Å². The number of nitrogens with zero attached hydrogens (tertiary/aromatic N) is 5. The van der Waals surface area contributed by atoms with Crippen LogP contribution < -0.4 is 20.9 Å². The number of aliphatic hydroxyl groups is 1. The van der Waals surface area contributed by atoms with Crippen molar-refractivity contribution in [2.24, 2.45) is 0 Å². The molecule has 2 aromatic heterocycles. The fraction of sp³-hybridized carbons (Fsp3) is 0.429. The number of aliphatic hydroxyl groups excluding tert-OH is 1. The molecule has 0 unspecified atom stereocenters. The first-order valence-electron chi connectivity index (χ1n) is 10.7. The van der Waals surface area contributed by atoms with Gasteiger partial charge in [0.2, 0.25) is 17.8 Å². The second-order valence-electron chi connectivity index (χ2n) is 7.26. The summed E-state index contributed by atoms with van der Waals surface area (Å²) in [5.41, 5.74) is 1.84. The molecule has 3 aromatic rings. The van der Waals surface area contributed by atoms with Crippen LogP contribution in [0, 0.1) is 0 Å². The summed E-state index contributed by atoms with van der Waals surface area (Å²) in [4.78, 5) is 20.0. The molecule has 0 amide bonds. The lowest BCUT2D eigenvalue weighted by Crippen LogP contribution is -2.37. The van der Waals surface area contributed by atoms with E-state index in [0.29, 0.717) is 62.1 Å². The number of aromatic nitrogens is 4. The number of benzene rings is 1. The molecule has 10 nitrogen and oxygen atoms in total. The van der Waals surface area contributed by atoms with Crippen molar-refractivity contribution in [3.8, 4) is 0 Å². The summed E-state index contributed by atoms with van der Waals surface area (Å²) in [6.45, 7) is 4.74. The van der Waals surface area contributed by atoms with Gasteiger partial charge in [-0.3, -0.25) is 4.98 Å². The zero-order valence-corrected chi connectivity index (χ0v) is 18.5. The van der Waals surface area contributed by atoms with Crippen LogP contribution in [0.5, 0.6) is 0 Å². The van der Waals surface area contributed by atoms with Crippen LogP contribution in [0.4, 0.5) is 23.5 Å². The molecule has 32 heavy (non-hydrogen) atoms. The third kappa shape index (κ3) is 5.84. The van der Waals surface area contributed by atoms with Crippen LogP contribution in [-0.2, 0) is 4.74 Å². The molecular formula is C21H27ClN8O2. The molecule has 0 radical (unpaired) electrons. The van der Waals surface area contributed by atoms with Crippen LogP contribution in [0.15, 0.2) is 30.5 Å². The lowest BCUT2D eigenvalue weighted by molar-refractivity contribution is 0.122. The molecule has 0 spiro atoms.